The first-order valence-corrected chi connectivity index (χ1v) is 5.89. The van der Waals surface area contributed by atoms with Crippen LogP contribution >= 0.6 is 15.9 Å². The van der Waals surface area contributed by atoms with Crippen LogP contribution in [0.1, 0.15) is 16.8 Å². The minimum Gasteiger partial charge on any atom is -0.234 e. The van der Waals surface area contributed by atoms with Crippen LogP contribution in [-0.4, -0.2) is 15.0 Å². The number of nitrogens with zero attached hydrogens (tertiary/aromatic N) is 3. The van der Waals surface area contributed by atoms with Gasteiger partial charge in [-0.2, -0.15) is 13.2 Å². The molecule has 18 heavy (non-hydrogen) atoms. The minimum absolute atomic E-state index is 0.375. The van der Waals surface area contributed by atoms with Gasteiger partial charge in [0.1, 0.15) is 4.60 Å². The zero-order valence-electron chi connectivity index (χ0n) is 9.37. The highest BCUT2D eigenvalue weighted by atomic mass is 79.9. The Balaban J connectivity index is 2.19. The number of hydrogen-bond donors (Lipinski definition) is 0. The van der Waals surface area contributed by atoms with E-state index >= 15 is 0 Å². The molecule has 0 N–H and O–H groups in total. The van der Waals surface area contributed by atoms with Crippen molar-refractivity contribution in [1.82, 2.24) is 15.0 Å². The Morgan fingerprint density at radius 1 is 1.22 bits per heavy atom. The van der Waals surface area contributed by atoms with Crippen LogP contribution in [0.2, 0.25) is 0 Å². The van der Waals surface area contributed by atoms with Gasteiger partial charge in [0, 0.05) is 0 Å². The Morgan fingerprint density at radius 2 is 1.83 bits per heavy atom. The third-order valence-electron chi connectivity index (χ3n) is 2.44. The van der Waals surface area contributed by atoms with E-state index in [0.717, 1.165) is 28.0 Å². The minimum atomic E-state index is -4.30. The maximum Gasteiger partial charge on any atom is 0.416 e. The fourth-order valence-electron chi connectivity index (χ4n) is 1.46. The van der Waals surface area contributed by atoms with Crippen molar-refractivity contribution >= 4 is 15.9 Å². The summed E-state index contributed by atoms with van der Waals surface area (Å²) in [6, 6.07) is 5.00. The number of hydrogen-bond acceptors (Lipinski definition) is 2. The van der Waals surface area contributed by atoms with Crippen LogP contribution < -0.4 is 0 Å². The van der Waals surface area contributed by atoms with Crippen LogP contribution in [-0.2, 0) is 12.7 Å². The highest BCUT2D eigenvalue weighted by molar-refractivity contribution is 9.10. The zero-order chi connectivity index (χ0) is 13.3. The van der Waals surface area contributed by atoms with Crippen LogP contribution in [0.4, 0.5) is 13.2 Å². The molecule has 1 aromatic heterocycles. The summed E-state index contributed by atoms with van der Waals surface area (Å²) in [6.07, 6.45) is -4.30. The van der Waals surface area contributed by atoms with E-state index in [0.29, 0.717) is 6.54 Å². The average molecular weight is 320 g/mol. The van der Waals surface area contributed by atoms with Gasteiger partial charge in [-0.25, -0.2) is 4.68 Å². The fourth-order valence-corrected chi connectivity index (χ4v) is 1.74. The van der Waals surface area contributed by atoms with Gasteiger partial charge in [-0.3, -0.25) is 0 Å². The fraction of sp³-hybridized carbons (Fsp3) is 0.273. The lowest BCUT2D eigenvalue weighted by Crippen LogP contribution is -2.06. The zero-order valence-corrected chi connectivity index (χ0v) is 11.0. The van der Waals surface area contributed by atoms with E-state index < -0.39 is 11.7 Å². The van der Waals surface area contributed by atoms with Gasteiger partial charge in [0.25, 0.3) is 0 Å². The van der Waals surface area contributed by atoms with Crippen molar-refractivity contribution in [3.63, 3.8) is 0 Å². The van der Waals surface area contributed by atoms with Crippen LogP contribution in [0, 0.1) is 6.92 Å². The molecule has 0 fully saturated rings. The molecule has 0 radical (unpaired) electrons. The van der Waals surface area contributed by atoms with Crippen molar-refractivity contribution < 1.29 is 13.2 Å². The molecule has 0 unspecified atom stereocenters. The van der Waals surface area contributed by atoms with Gasteiger partial charge >= 0.3 is 6.18 Å². The molecular formula is C11H9BrF3N3. The van der Waals surface area contributed by atoms with Gasteiger partial charge < -0.3 is 0 Å². The normalized spacial score (nSPS) is 11.8. The Hall–Kier alpha value is -1.37. The summed E-state index contributed by atoms with van der Waals surface area (Å²) in [4.78, 5) is 0. The molecule has 0 aliphatic carbocycles. The standard InChI is InChI=1S/C11H9BrF3N3/c1-7-10(12)18(17-16-7)6-8-2-4-9(5-3-8)11(13,14)15/h2-5H,6H2,1H3. The number of benzene rings is 1. The second kappa shape index (κ2) is 4.72. The quantitative estimate of drug-likeness (QED) is 0.849. The lowest BCUT2D eigenvalue weighted by atomic mass is 10.1. The molecule has 0 aliphatic heterocycles. The van der Waals surface area contributed by atoms with Crippen molar-refractivity contribution in [2.45, 2.75) is 19.6 Å². The topological polar surface area (TPSA) is 30.7 Å². The highest BCUT2D eigenvalue weighted by Gasteiger charge is 2.29. The molecule has 2 rings (SSSR count). The van der Waals surface area contributed by atoms with Gasteiger partial charge in [-0.15, -0.1) is 5.10 Å². The molecule has 1 aromatic carbocycles. The third kappa shape index (κ3) is 2.72. The molecule has 0 bridgehead atoms. The summed E-state index contributed by atoms with van der Waals surface area (Å²) in [6.45, 7) is 2.17. The summed E-state index contributed by atoms with van der Waals surface area (Å²) < 4.78 is 39.4. The molecule has 96 valence electrons. The third-order valence-corrected chi connectivity index (χ3v) is 3.42. The van der Waals surface area contributed by atoms with E-state index in [1.807, 2.05) is 0 Å². The van der Waals surface area contributed by atoms with Crippen LogP contribution in [0.5, 0.6) is 0 Å². The van der Waals surface area contributed by atoms with E-state index in [1.165, 1.54) is 12.1 Å². The van der Waals surface area contributed by atoms with Gasteiger partial charge in [-0.05, 0) is 40.5 Å². The number of aryl methyl sites for hydroxylation is 1. The first-order chi connectivity index (χ1) is 8.38. The maximum atomic E-state index is 12.4. The summed E-state index contributed by atoms with van der Waals surface area (Å²) in [7, 11) is 0. The lowest BCUT2D eigenvalue weighted by Gasteiger charge is -2.07. The van der Waals surface area contributed by atoms with Crippen LogP contribution in [0.15, 0.2) is 28.9 Å². The molecule has 2 aromatic rings. The van der Waals surface area contributed by atoms with Crippen molar-refractivity contribution in [1.29, 1.82) is 0 Å². The molecule has 1 heterocycles. The van der Waals surface area contributed by atoms with Gasteiger partial charge in [-0.1, -0.05) is 17.3 Å². The predicted octanol–water partition coefficient (Wildman–Crippen LogP) is 3.42. The van der Waals surface area contributed by atoms with Crippen molar-refractivity contribution in [2.24, 2.45) is 0 Å². The van der Waals surface area contributed by atoms with E-state index in [1.54, 1.807) is 11.6 Å². The Kier molecular flexibility index (Phi) is 3.43. The maximum absolute atomic E-state index is 12.4. The van der Waals surface area contributed by atoms with E-state index in [-0.39, 0.29) is 0 Å². The largest absolute Gasteiger partial charge is 0.416 e. The molecule has 0 saturated heterocycles. The second-order valence-corrected chi connectivity index (χ2v) is 4.57. The molecule has 3 nitrogen and oxygen atoms in total. The first kappa shape index (κ1) is 13.1. The Labute approximate surface area is 110 Å². The summed E-state index contributed by atoms with van der Waals surface area (Å²) in [5.74, 6) is 0. The van der Waals surface area contributed by atoms with Gasteiger partial charge in [0.05, 0.1) is 17.8 Å². The van der Waals surface area contributed by atoms with Gasteiger partial charge in [0.2, 0.25) is 0 Å². The van der Waals surface area contributed by atoms with E-state index in [2.05, 4.69) is 26.2 Å². The number of rotatable bonds is 2. The first-order valence-electron chi connectivity index (χ1n) is 5.09. The van der Waals surface area contributed by atoms with E-state index in [9.17, 15) is 13.2 Å². The molecule has 0 aliphatic rings. The van der Waals surface area contributed by atoms with Crippen molar-refractivity contribution in [2.75, 3.05) is 0 Å². The highest BCUT2D eigenvalue weighted by Crippen LogP contribution is 2.29. The number of aromatic nitrogens is 3. The summed E-state index contributed by atoms with van der Waals surface area (Å²) in [5.41, 5.74) is 0.815. The molecule has 0 spiro atoms. The summed E-state index contributed by atoms with van der Waals surface area (Å²) >= 11 is 3.31. The monoisotopic (exact) mass is 319 g/mol. The molecule has 0 amide bonds. The smallest absolute Gasteiger partial charge is 0.234 e. The van der Waals surface area contributed by atoms with Gasteiger partial charge in [0.15, 0.2) is 0 Å². The molecule has 0 saturated carbocycles. The summed E-state index contributed by atoms with van der Waals surface area (Å²) in [5, 5.41) is 7.73. The SMILES string of the molecule is Cc1nnn(Cc2ccc(C(F)(F)F)cc2)c1Br. The predicted molar refractivity (Wildman–Crippen MR) is 63.0 cm³/mol. The average Bonchev–Trinajstić information content (AvgIpc) is 2.61. The second-order valence-electron chi connectivity index (χ2n) is 3.82. The molecule has 7 heteroatoms. The Morgan fingerprint density at radius 3 is 2.28 bits per heavy atom. The number of halogens is 4. The van der Waals surface area contributed by atoms with Crippen LogP contribution in [0.3, 0.4) is 0 Å². The molecule has 0 atom stereocenters. The molecular weight excluding hydrogens is 311 g/mol. The number of alkyl halides is 3. The van der Waals surface area contributed by atoms with Crippen molar-refractivity contribution in [3.05, 3.63) is 45.7 Å². The Bertz CT molecular complexity index is 546. The van der Waals surface area contributed by atoms with Crippen LogP contribution in [0.25, 0.3) is 0 Å². The lowest BCUT2D eigenvalue weighted by molar-refractivity contribution is -0.137. The van der Waals surface area contributed by atoms with E-state index in [4.69, 9.17) is 0 Å². The van der Waals surface area contributed by atoms with Crippen molar-refractivity contribution in [3.8, 4) is 0 Å².